The molecule has 1 heterocycles. The van der Waals surface area contributed by atoms with E-state index in [0.717, 1.165) is 12.1 Å². The number of para-hydroxylation sites is 1. The number of benzene rings is 1. The maximum Gasteiger partial charge on any atom is 0.214 e. The lowest BCUT2D eigenvalue weighted by atomic mass is 10.1. The second-order valence-electron chi connectivity index (χ2n) is 4.45. The van der Waals surface area contributed by atoms with Gasteiger partial charge in [-0.15, -0.1) is 0 Å². The van der Waals surface area contributed by atoms with Crippen molar-refractivity contribution < 1.29 is 9.53 Å². The van der Waals surface area contributed by atoms with Crippen molar-refractivity contribution in [1.82, 2.24) is 9.78 Å². The number of nitrogens with zero attached hydrogens (tertiary/aromatic N) is 2. The molecule has 4 nitrogen and oxygen atoms in total. The smallest absolute Gasteiger partial charge is 0.214 e. The van der Waals surface area contributed by atoms with Gasteiger partial charge < -0.3 is 4.74 Å². The summed E-state index contributed by atoms with van der Waals surface area (Å²) >= 11 is 0. The summed E-state index contributed by atoms with van der Waals surface area (Å²) in [5.41, 5.74) is 2.15. The second kappa shape index (κ2) is 6.37. The molecule has 0 unspecified atom stereocenters. The summed E-state index contributed by atoms with van der Waals surface area (Å²) < 4.78 is 7.29. The molecule has 0 bridgehead atoms. The highest BCUT2D eigenvalue weighted by atomic mass is 16.5. The largest absolute Gasteiger partial charge is 0.493 e. The Bertz CT molecular complexity index is 602. The highest BCUT2D eigenvalue weighted by Crippen LogP contribution is 2.22. The van der Waals surface area contributed by atoms with Crippen LogP contribution in [0.2, 0.25) is 0 Å². The third kappa shape index (κ3) is 2.74. The number of aryl methyl sites for hydroxylation is 2. The minimum absolute atomic E-state index is 0.0388. The van der Waals surface area contributed by atoms with Crippen LogP contribution in [-0.2, 0) is 13.0 Å². The molecule has 0 saturated heterocycles. The molecule has 1 aromatic heterocycles. The summed E-state index contributed by atoms with van der Waals surface area (Å²) in [6, 6.07) is 9.21. The molecule has 1 aromatic carbocycles. The fourth-order valence-electron chi connectivity index (χ4n) is 2.14. The van der Waals surface area contributed by atoms with Crippen LogP contribution in [0.15, 0.2) is 30.3 Å². The summed E-state index contributed by atoms with van der Waals surface area (Å²) in [6.07, 6.45) is 0.820. The molecule has 0 radical (unpaired) electrons. The van der Waals surface area contributed by atoms with Crippen LogP contribution in [-0.4, -0.2) is 22.2 Å². The standard InChI is InChI=1S/C16H20N2O2/c1-4-12-11-14(18(5-2)17-12)16(19)13-9-7-8-10-15(13)20-6-3/h7-11H,4-6H2,1-3H3. The van der Waals surface area contributed by atoms with E-state index >= 15 is 0 Å². The van der Waals surface area contributed by atoms with Gasteiger partial charge in [-0.25, -0.2) is 0 Å². The van der Waals surface area contributed by atoms with Gasteiger partial charge in [-0.1, -0.05) is 19.1 Å². The number of carbonyl (C=O) groups is 1. The van der Waals surface area contributed by atoms with E-state index < -0.39 is 0 Å². The molecule has 2 aromatic rings. The molecule has 0 aliphatic carbocycles. The SMILES string of the molecule is CCOc1ccccc1C(=O)c1cc(CC)nn1CC. The van der Waals surface area contributed by atoms with E-state index in [2.05, 4.69) is 5.10 Å². The van der Waals surface area contributed by atoms with Gasteiger partial charge in [0, 0.05) is 6.54 Å². The third-order valence-corrected chi connectivity index (χ3v) is 3.16. The third-order valence-electron chi connectivity index (χ3n) is 3.16. The average Bonchev–Trinajstić information content (AvgIpc) is 2.91. The molecule has 4 heteroatoms. The summed E-state index contributed by atoms with van der Waals surface area (Å²) in [4.78, 5) is 12.7. The van der Waals surface area contributed by atoms with Gasteiger partial charge in [-0.3, -0.25) is 9.48 Å². The van der Waals surface area contributed by atoms with E-state index in [1.807, 2.05) is 45.0 Å². The molecule has 0 aliphatic rings. The molecule has 106 valence electrons. The van der Waals surface area contributed by atoms with E-state index in [1.165, 1.54) is 0 Å². The van der Waals surface area contributed by atoms with Crippen LogP contribution in [0.3, 0.4) is 0 Å². The molecule has 0 spiro atoms. The highest BCUT2D eigenvalue weighted by Gasteiger charge is 2.19. The van der Waals surface area contributed by atoms with Crippen LogP contribution in [0.4, 0.5) is 0 Å². The summed E-state index contributed by atoms with van der Waals surface area (Å²) in [6.45, 7) is 7.14. The minimum atomic E-state index is -0.0388. The predicted molar refractivity (Wildman–Crippen MR) is 78.3 cm³/mol. The van der Waals surface area contributed by atoms with E-state index in [4.69, 9.17) is 4.74 Å². The average molecular weight is 272 g/mol. The molecular formula is C16H20N2O2. The maximum atomic E-state index is 12.7. The molecule has 0 aliphatic heterocycles. The number of hydrogen-bond acceptors (Lipinski definition) is 3. The highest BCUT2D eigenvalue weighted by molar-refractivity contribution is 6.09. The first-order chi connectivity index (χ1) is 9.71. The van der Waals surface area contributed by atoms with Crippen LogP contribution in [0.25, 0.3) is 0 Å². The zero-order valence-electron chi connectivity index (χ0n) is 12.2. The fraction of sp³-hybridized carbons (Fsp3) is 0.375. The van der Waals surface area contributed by atoms with Crippen molar-refractivity contribution >= 4 is 5.78 Å². The lowest BCUT2D eigenvalue weighted by Gasteiger charge is -2.09. The van der Waals surface area contributed by atoms with Crippen molar-refractivity contribution in [2.45, 2.75) is 33.7 Å². The van der Waals surface area contributed by atoms with Crippen LogP contribution in [0.1, 0.15) is 42.5 Å². The van der Waals surface area contributed by atoms with Crippen molar-refractivity contribution in [1.29, 1.82) is 0 Å². The Morgan fingerprint density at radius 2 is 2.00 bits per heavy atom. The molecule has 0 amide bonds. The first kappa shape index (κ1) is 14.3. The Hall–Kier alpha value is -2.10. The zero-order chi connectivity index (χ0) is 14.5. The van der Waals surface area contributed by atoms with Crippen LogP contribution in [0.5, 0.6) is 5.75 Å². The number of carbonyl (C=O) groups excluding carboxylic acids is 1. The number of rotatable bonds is 6. The van der Waals surface area contributed by atoms with Crippen molar-refractivity contribution in [3.05, 3.63) is 47.3 Å². The van der Waals surface area contributed by atoms with Gasteiger partial charge >= 0.3 is 0 Å². The summed E-state index contributed by atoms with van der Waals surface area (Å²) in [7, 11) is 0. The van der Waals surface area contributed by atoms with Gasteiger partial charge in [0.05, 0.1) is 17.9 Å². The number of ether oxygens (including phenoxy) is 1. The topological polar surface area (TPSA) is 44.1 Å². The molecule has 0 atom stereocenters. The number of ketones is 1. The number of aromatic nitrogens is 2. The van der Waals surface area contributed by atoms with Gasteiger partial charge in [0.25, 0.3) is 0 Å². The Morgan fingerprint density at radius 3 is 2.65 bits per heavy atom. The first-order valence-electron chi connectivity index (χ1n) is 7.04. The molecule has 0 saturated carbocycles. The van der Waals surface area contributed by atoms with Crippen molar-refractivity contribution in [2.75, 3.05) is 6.61 Å². The lowest BCUT2D eigenvalue weighted by Crippen LogP contribution is -2.12. The Morgan fingerprint density at radius 1 is 1.25 bits per heavy atom. The lowest BCUT2D eigenvalue weighted by molar-refractivity contribution is 0.102. The van der Waals surface area contributed by atoms with Gasteiger partial charge in [-0.05, 0) is 38.5 Å². The van der Waals surface area contributed by atoms with Gasteiger partial charge in [-0.2, -0.15) is 5.10 Å². The van der Waals surface area contributed by atoms with E-state index in [9.17, 15) is 4.79 Å². The predicted octanol–water partition coefficient (Wildman–Crippen LogP) is 3.10. The second-order valence-corrected chi connectivity index (χ2v) is 4.45. The molecular weight excluding hydrogens is 252 g/mol. The molecule has 2 rings (SSSR count). The van der Waals surface area contributed by atoms with Gasteiger partial charge in [0.15, 0.2) is 0 Å². The fourth-order valence-corrected chi connectivity index (χ4v) is 2.14. The van der Waals surface area contributed by atoms with Gasteiger partial charge in [0.1, 0.15) is 11.4 Å². The number of hydrogen-bond donors (Lipinski definition) is 0. The Labute approximate surface area is 119 Å². The minimum Gasteiger partial charge on any atom is -0.493 e. The Kier molecular flexibility index (Phi) is 4.56. The molecule has 0 N–H and O–H groups in total. The van der Waals surface area contributed by atoms with E-state index in [0.29, 0.717) is 30.2 Å². The Balaban J connectivity index is 2.43. The zero-order valence-corrected chi connectivity index (χ0v) is 12.2. The first-order valence-corrected chi connectivity index (χ1v) is 7.04. The summed E-state index contributed by atoms with van der Waals surface area (Å²) in [5, 5.41) is 4.42. The normalized spacial score (nSPS) is 10.6. The molecule has 20 heavy (non-hydrogen) atoms. The van der Waals surface area contributed by atoms with Crippen LogP contribution in [0, 0.1) is 0 Å². The monoisotopic (exact) mass is 272 g/mol. The van der Waals surface area contributed by atoms with Crippen LogP contribution >= 0.6 is 0 Å². The van der Waals surface area contributed by atoms with Crippen molar-refractivity contribution in [3.63, 3.8) is 0 Å². The van der Waals surface area contributed by atoms with Crippen LogP contribution < -0.4 is 4.74 Å². The quantitative estimate of drug-likeness (QED) is 0.759. The molecule has 0 fully saturated rings. The van der Waals surface area contributed by atoms with Crippen molar-refractivity contribution in [3.8, 4) is 5.75 Å². The maximum absolute atomic E-state index is 12.7. The summed E-state index contributed by atoms with van der Waals surface area (Å²) in [5.74, 6) is 0.588. The van der Waals surface area contributed by atoms with E-state index in [1.54, 1.807) is 10.7 Å². The van der Waals surface area contributed by atoms with Crippen molar-refractivity contribution in [2.24, 2.45) is 0 Å². The van der Waals surface area contributed by atoms with E-state index in [-0.39, 0.29) is 5.78 Å². The van der Waals surface area contributed by atoms with Gasteiger partial charge in [0.2, 0.25) is 5.78 Å².